The number of H-pyrrole nitrogens is 1. The summed E-state index contributed by atoms with van der Waals surface area (Å²) in [6.07, 6.45) is 1.29. The summed E-state index contributed by atoms with van der Waals surface area (Å²) in [6, 6.07) is 5.01. The lowest BCUT2D eigenvalue weighted by molar-refractivity contribution is 0.615. The number of aromatic nitrogens is 1. The van der Waals surface area contributed by atoms with E-state index in [-0.39, 0.29) is 12.8 Å². The average Bonchev–Trinajstić information content (AvgIpc) is 2.29. The van der Waals surface area contributed by atoms with Crippen LogP contribution in [0.3, 0.4) is 0 Å². The molecule has 0 bridgehead atoms. The number of pyridine rings is 1. The van der Waals surface area contributed by atoms with Crippen molar-refractivity contribution in [2.75, 3.05) is 0 Å². The van der Waals surface area contributed by atoms with Gasteiger partial charge >= 0.3 is 0 Å². The van der Waals surface area contributed by atoms with Crippen molar-refractivity contribution in [3.05, 3.63) is 45.6 Å². The fourth-order valence-corrected chi connectivity index (χ4v) is 2.00. The fraction of sp³-hybridized carbons (Fsp3) is 0.308. The standard InChI is InChI=1S/C13H14FNO.H2/c1-3-9-7-8-5-6-11(14)10(4-2)12(8)13(16)15-9;/h5-7H,3-4H2,1-2H3,(H,15,16);1H. The van der Waals surface area contributed by atoms with Crippen LogP contribution in [0.2, 0.25) is 0 Å². The summed E-state index contributed by atoms with van der Waals surface area (Å²) in [4.78, 5) is 14.6. The monoisotopic (exact) mass is 221 g/mol. The maximum Gasteiger partial charge on any atom is 0.256 e. The van der Waals surface area contributed by atoms with Crippen LogP contribution in [0.5, 0.6) is 0 Å². The van der Waals surface area contributed by atoms with Crippen LogP contribution in [0.25, 0.3) is 10.8 Å². The van der Waals surface area contributed by atoms with E-state index in [2.05, 4.69) is 4.98 Å². The SMILES string of the molecule is CCc1cc2ccc(F)c(CC)c2c(=O)[nH]1.[HH]. The maximum absolute atomic E-state index is 13.5. The summed E-state index contributed by atoms with van der Waals surface area (Å²) < 4.78 is 13.5. The Kier molecular flexibility index (Phi) is 2.77. The van der Waals surface area contributed by atoms with Gasteiger partial charge in [0, 0.05) is 12.7 Å². The average molecular weight is 221 g/mol. The number of hydrogen-bond acceptors (Lipinski definition) is 1. The molecule has 1 aromatic heterocycles. The minimum Gasteiger partial charge on any atom is -0.326 e. The van der Waals surface area contributed by atoms with E-state index in [0.29, 0.717) is 17.4 Å². The van der Waals surface area contributed by atoms with E-state index < -0.39 is 0 Å². The molecule has 0 aliphatic carbocycles. The van der Waals surface area contributed by atoms with Crippen LogP contribution in [0.1, 0.15) is 26.5 Å². The summed E-state index contributed by atoms with van der Waals surface area (Å²) in [5.41, 5.74) is 1.19. The molecule has 2 rings (SSSR count). The second kappa shape index (κ2) is 4.08. The molecule has 2 aromatic rings. The van der Waals surface area contributed by atoms with Crippen LogP contribution in [-0.2, 0) is 12.8 Å². The van der Waals surface area contributed by atoms with Crippen LogP contribution >= 0.6 is 0 Å². The van der Waals surface area contributed by atoms with Gasteiger partial charge in [0.05, 0.1) is 5.39 Å². The molecule has 2 nitrogen and oxygen atoms in total. The highest BCUT2D eigenvalue weighted by atomic mass is 19.1. The van der Waals surface area contributed by atoms with Gasteiger partial charge in [-0.15, -0.1) is 0 Å². The topological polar surface area (TPSA) is 32.9 Å². The maximum atomic E-state index is 13.5. The van der Waals surface area contributed by atoms with E-state index in [1.54, 1.807) is 6.07 Å². The van der Waals surface area contributed by atoms with Crippen LogP contribution in [0.15, 0.2) is 23.0 Å². The lowest BCUT2D eigenvalue weighted by Crippen LogP contribution is -2.11. The largest absolute Gasteiger partial charge is 0.326 e. The van der Waals surface area contributed by atoms with E-state index in [9.17, 15) is 9.18 Å². The third kappa shape index (κ3) is 1.62. The predicted molar refractivity (Wildman–Crippen MR) is 65.4 cm³/mol. The predicted octanol–water partition coefficient (Wildman–Crippen LogP) is 3.04. The molecular formula is C13H16FNO. The molecule has 86 valence electrons. The highest BCUT2D eigenvalue weighted by Crippen LogP contribution is 2.19. The summed E-state index contributed by atoms with van der Waals surface area (Å²) in [5, 5.41) is 1.30. The van der Waals surface area contributed by atoms with Gasteiger partial charge in [-0.2, -0.15) is 0 Å². The first-order valence-electron chi connectivity index (χ1n) is 5.50. The molecule has 16 heavy (non-hydrogen) atoms. The number of fused-ring (bicyclic) bond motifs is 1. The van der Waals surface area contributed by atoms with Gasteiger partial charge in [0.1, 0.15) is 5.82 Å². The van der Waals surface area contributed by atoms with Gasteiger partial charge in [0.15, 0.2) is 0 Å². The van der Waals surface area contributed by atoms with Crippen molar-refractivity contribution >= 4 is 10.8 Å². The highest BCUT2D eigenvalue weighted by Gasteiger charge is 2.09. The van der Waals surface area contributed by atoms with E-state index >= 15 is 0 Å². The quantitative estimate of drug-likeness (QED) is 0.830. The van der Waals surface area contributed by atoms with Crippen molar-refractivity contribution in [2.24, 2.45) is 0 Å². The minimum atomic E-state index is -0.301. The Morgan fingerprint density at radius 2 is 2.06 bits per heavy atom. The number of nitrogens with one attached hydrogen (secondary N) is 1. The van der Waals surface area contributed by atoms with Gasteiger partial charge < -0.3 is 4.98 Å². The summed E-state index contributed by atoms with van der Waals surface area (Å²) in [6.45, 7) is 3.83. The number of aryl methyl sites for hydroxylation is 2. The van der Waals surface area contributed by atoms with Gasteiger partial charge in [-0.3, -0.25) is 4.79 Å². The van der Waals surface area contributed by atoms with Crippen LogP contribution < -0.4 is 5.56 Å². The summed E-state index contributed by atoms with van der Waals surface area (Å²) >= 11 is 0. The van der Waals surface area contributed by atoms with Crippen molar-refractivity contribution in [1.29, 1.82) is 0 Å². The Hall–Kier alpha value is -1.64. The lowest BCUT2D eigenvalue weighted by atomic mass is 10.0. The smallest absolute Gasteiger partial charge is 0.256 e. The van der Waals surface area contributed by atoms with Gasteiger partial charge in [-0.05, 0) is 30.4 Å². The number of hydrogen-bond donors (Lipinski definition) is 1. The Morgan fingerprint density at radius 3 is 2.69 bits per heavy atom. The first-order valence-corrected chi connectivity index (χ1v) is 5.50. The molecule has 0 saturated carbocycles. The number of benzene rings is 1. The second-order valence-electron chi connectivity index (χ2n) is 3.82. The molecule has 3 heteroatoms. The zero-order chi connectivity index (χ0) is 11.7. The molecule has 0 spiro atoms. The zero-order valence-electron chi connectivity index (χ0n) is 9.43. The van der Waals surface area contributed by atoms with Gasteiger partial charge in [0.2, 0.25) is 0 Å². The number of aromatic amines is 1. The second-order valence-corrected chi connectivity index (χ2v) is 3.82. The normalized spacial score (nSPS) is 10.9. The Morgan fingerprint density at radius 1 is 1.31 bits per heavy atom. The first-order chi connectivity index (χ1) is 7.67. The molecule has 0 aliphatic rings. The van der Waals surface area contributed by atoms with Crippen LogP contribution in [-0.4, -0.2) is 4.98 Å². The number of halogens is 1. The molecule has 0 fully saturated rings. The van der Waals surface area contributed by atoms with Crippen molar-refractivity contribution in [3.8, 4) is 0 Å². The molecule has 0 atom stereocenters. The van der Waals surface area contributed by atoms with E-state index in [1.807, 2.05) is 19.9 Å². The van der Waals surface area contributed by atoms with E-state index in [0.717, 1.165) is 17.5 Å². The molecular weight excluding hydrogens is 205 g/mol. The van der Waals surface area contributed by atoms with E-state index in [4.69, 9.17) is 0 Å². The zero-order valence-corrected chi connectivity index (χ0v) is 9.43. The molecule has 0 radical (unpaired) electrons. The summed E-state index contributed by atoms with van der Waals surface area (Å²) in [5.74, 6) is -0.301. The molecule has 0 amide bonds. The van der Waals surface area contributed by atoms with Crippen molar-refractivity contribution in [1.82, 2.24) is 4.98 Å². The first kappa shape index (κ1) is 10.9. The Bertz CT molecular complexity index is 592. The van der Waals surface area contributed by atoms with Crippen molar-refractivity contribution in [2.45, 2.75) is 26.7 Å². The molecule has 0 saturated heterocycles. The molecule has 1 N–H and O–H groups in total. The molecule has 0 aliphatic heterocycles. The summed E-state index contributed by atoms with van der Waals surface area (Å²) in [7, 11) is 0. The molecule has 1 heterocycles. The fourth-order valence-electron chi connectivity index (χ4n) is 2.00. The molecule has 1 aromatic carbocycles. The van der Waals surface area contributed by atoms with Crippen molar-refractivity contribution in [3.63, 3.8) is 0 Å². The van der Waals surface area contributed by atoms with Gasteiger partial charge in [0.25, 0.3) is 5.56 Å². The Labute approximate surface area is 94.6 Å². The molecule has 0 unspecified atom stereocenters. The number of rotatable bonds is 2. The third-order valence-corrected chi connectivity index (χ3v) is 2.85. The lowest BCUT2D eigenvalue weighted by Gasteiger charge is -2.06. The van der Waals surface area contributed by atoms with E-state index in [1.165, 1.54) is 6.07 Å². The van der Waals surface area contributed by atoms with Gasteiger partial charge in [-0.25, -0.2) is 4.39 Å². The Balaban J connectivity index is 0.00000144. The third-order valence-electron chi connectivity index (χ3n) is 2.85. The minimum absolute atomic E-state index is 0. The van der Waals surface area contributed by atoms with Crippen LogP contribution in [0.4, 0.5) is 4.39 Å². The van der Waals surface area contributed by atoms with Crippen molar-refractivity contribution < 1.29 is 5.82 Å². The highest BCUT2D eigenvalue weighted by molar-refractivity contribution is 5.85. The van der Waals surface area contributed by atoms with Gasteiger partial charge in [-0.1, -0.05) is 19.9 Å². The van der Waals surface area contributed by atoms with Crippen LogP contribution in [0, 0.1) is 5.82 Å².